The van der Waals surface area contributed by atoms with Gasteiger partial charge in [0.2, 0.25) is 0 Å². The van der Waals surface area contributed by atoms with Gasteiger partial charge in [0.25, 0.3) is 0 Å². The van der Waals surface area contributed by atoms with Crippen LogP contribution in [0, 0.1) is 29.1 Å². The van der Waals surface area contributed by atoms with Gasteiger partial charge in [-0.3, -0.25) is 0 Å². The lowest BCUT2D eigenvalue weighted by Crippen LogP contribution is -2.35. The van der Waals surface area contributed by atoms with E-state index in [2.05, 4.69) is 45.9 Å². The van der Waals surface area contributed by atoms with Crippen LogP contribution in [0.5, 0.6) is 0 Å². The van der Waals surface area contributed by atoms with E-state index >= 15 is 0 Å². The van der Waals surface area contributed by atoms with Crippen molar-refractivity contribution in [2.75, 3.05) is 0 Å². The predicted octanol–water partition coefficient (Wildman–Crippen LogP) is 5.56. The zero-order valence-corrected chi connectivity index (χ0v) is 19.8. The van der Waals surface area contributed by atoms with Crippen LogP contribution in [0.2, 0.25) is 0 Å². The first-order chi connectivity index (χ1) is 14.1. The second-order valence-electron chi connectivity index (χ2n) is 11.0. The molecule has 0 radical (unpaired) electrons. The van der Waals surface area contributed by atoms with Gasteiger partial charge in [0.05, 0.1) is 18.3 Å². The molecule has 0 aromatic carbocycles. The molecule has 3 rings (SSSR count). The molecule has 3 aliphatic carbocycles. The van der Waals surface area contributed by atoms with Crippen molar-refractivity contribution in [3.05, 3.63) is 34.9 Å². The molecular formula is C27H44O3. The van der Waals surface area contributed by atoms with Gasteiger partial charge in [-0.15, -0.1) is 0 Å². The Hall–Kier alpha value is -0.900. The van der Waals surface area contributed by atoms with E-state index in [0.29, 0.717) is 36.0 Å². The van der Waals surface area contributed by atoms with Crippen LogP contribution in [-0.2, 0) is 0 Å². The first-order valence-corrected chi connectivity index (χ1v) is 12.3. The number of aliphatic hydroxyl groups excluding tert-OH is 3. The molecule has 0 unspecified atom stereocenters. The average Bonchev–Trinajstić information content (AvgIpc) is 3.04. The third-order valence-corrected chi connectivity index (χ3v) is 8.68. The van der Waals surface area contributed by atoms with Crippen LogP contribution < -0.4 is 0 Å². The summed E-state index contributed by atoms with van der Waals surface area (Å²) in [6, 6.07) is 0. The highest BCUT2D eigenvalue weighted by molar-refractivity contribution is 5.37. The van der Waals surface area contributed by atoms with Crippen LogP contribution in [0.3, 0.4) is 0 Å². The van der Waals surface area contributed by atoms with E-state index < -0.39 is 12.2 Å². The van der Waals surface area contributed by atoms with Gasteiger partial charge in [-0.1, -0.05) is 45.9 Å². The molecule has 7 atom stereocenters. The maximum Gasteiger partial charge on any atom is 0.0777 e. The number of allylic oxidation sites excluding steroid dienone is 4. The normalized spacial score (nSPS) is 36.9. The van der Waals surface area contributed by atoms with Crippen LogP contribution in [0.1, 0.15) is 86.0 Å². The van der Waals surface area contributed by atoms with Crippen LogP contribution in [0.15, 0.2) is 34.9 Å². The Balaban J connectivity index is 1.70. The summed E-state index contributed by atoms with van der Waals surface area (Å²) in [5.74, 6) is 2.31. The van der Waals surface area contributed by atoms with Crippen molar-refractivity contribution >= 4 is 0 Å². The Bertz CT molecular complexity index is 688. The number of aliphatic hydroxyl groups is 3. The van der Waals surface area contributed by atoms with Crippen LogP contribution in [0.25, 0.3) is 0 Å². The number of hydrogen-bond acceptors (Lipinski definition) is 3. The third kappa shape index (κ3) is 4.95. The Morgan fingerprint density at radius 3 is 2.57 bits per heavy atom. The Labute approximate surface area is 184 Å². The van der Waals surface area contributed by atoms with E-state index in [4.69, 9.17) is 0 Å². The fraction of sp³-hybridized carbons (Fsp3) is 0.778. The van der Waals surface area contributed by atoms with Crippen molar-refractivity contribution < 1.29 is 15.3 Å². The summed E-state index contributed by atoms with van der Waals surface area (Å²) in [7, 11) is 0. The molecule has 170 valence electrons. The van der Waals surface area contributed by atoms with E-state index in [1.807, 2.05) is 6.92 Å². The van der Waals surface area contributed by atoms with Crippen molar-refractivity contribution in [1.29, 1.82) is 0 Å². The topological polar surface area (TPSA) is 60.7 Å². The number of rotatable bonds is 7. The largest absolute Gasteiger partial charge is 0.393 e. The van der Waals surface area contributed by atoms with Crippen LogP contribution >= 0.6 is 0 Å². The molecule has 3 heteroatoms. The fourth-order valence-corrected chi connectivity index (χ4v) is 6.49. The molecule has 30 heavy (non-hydrogen) atoms. The van der Waals surface area contributed by atoms with Crippen molar-refractivity contribution in [3.8, 4) is 0 Å². The highest BCUT2D eigenvalue weighted by Gasteiger charge is 2.49. The maximum atomic E-state index is 10.3. The molecule has 0 amide bonds. The van der Waals surface area contributed by atoms with E-state index in [-0.39, 0.29) is 6.10 Å². The maximum absolute atomic E-state index is 10.3. The minimum absolute atomic E-state index is 0.181. The molecule has 0 bridgehead atoms. The molecule has 3 nitrogen and oxygen atoms in total. The van der Waals surface area contributed by atoms with E-state index in [9.17, 15) is 15.3 Å². The first-order valence-electron chi connectivity index (χ1n) is 12.3. The molecule has 1 saturated carbocycles. The summed E-state index contributed by atoms with van der Waals surface area (Å²) in [5, 5.41) is 30.5. The Morgan fingerprint density at radius 2 is 1.87 bits per heavy atom. The Kier molecular flexibility index (Phi) is 7.69. The molecule has 3 aliphatic rings. The lowest BCUT2D eigenvalue weighted by Gasteiger charge is -2.43. The molecule has 0 heterocycles. The summed E-state index contributed by atoms with van der Waals surface area (Å²) in [5.41, 5.74) is 3.90. The molecule has 3 N–H and O–H groups in total. The number of fused-ring (bicyclic) bond motifs is 1. The highest BCUT2D eigenvalue weighted by Crippen LogP contribution is 2.58. The van der Waals surface area contributed by atoms with Crippen molar-refractivity contribution in [2.45, 2.75) is 104 Å². The minimum atomic E-state index is -0.517. The van der Waals surface area contributed by atoms with Gasteiger partial charge in [0.1, 0.15) is 0 Å². The first kappa shape index (κ1) is 23.8. The third-order valence-electron chi connectivity index (χ3n) is 8.68. The lowest BCUT2D eigenvalue weighted by molar-refractivity contribution is 0.0786. The van der Waals surface area contributed by atoms with Crippen molar-refractivity contribution in [3.63, 3.8) is 0 Å². The fourth-order valence-electron chi connectivity index (χ4n) is 6.49. The van der Waals surface area contributed by atoms with Crippen molar-refractivity contribution in [1.82, 2.24) is 0 Å². The monoisotopic (exact) mass is 416 g/mol. The minimum Gasteiger partial charge on any atom is -0.393 e. The molecule has 0 aromatic heterocycles. The summed E-state index contributed by atoms with van der Waals surface area (Å²) in [6.07, 6.45) is 13.8. The zero-order valence-electron chi connectivity index (χ0n) is 19.8. The molecule has 0 saturated heterocycles. The Morgan fingerprint density at radius 1 is 1.13 bits per heavy atom. The van der Waals surface area contributed by atoms with Crippen LogP contribution in [0.4, 0.5) is 0 Å². The highest BCUT2D eigenvalue weighted by atomic mass is 16.3. The van der Waals surface area contributed by atoms with E-state index in [1.54, 1.807) is 0 Å². The van der Waals surface area contributed by atoms with Gasteiger partial charge in [0.15, 0.2) is 0 Å². The van der Waals surface area contributed by atoms with Gasteiger partial charge in [-0.2, -0.15) is 0 Å². The molecule has 0 aromatic rings. The van der Waals surface area contributed by atoms with E-state index in [0.717, 1.165) is 36.3 Å². The second kappa shape index (κ2) is 9.71. The lowest BCUT2D eigenvalue weighted by atomic mass is 9.62. The number of hydrogen-bond donors (Lipinski definition) is 3. The average molecular weight is 417 g/mol. The predicted molar refractivity (Wildman–Crippen MR) is 124 cm³/mol. The standard InChI is InChI=1S/C27H44O3/c1-17(2)25(29)13-8-18(3)23-11-12-24-20(7-6-14-27(23,24)5)9-10-21-15-22(28)16-26(30)19(21)4/h7,9-10,17-18,22-26,28-30H,6,8,11-16H2,1-5H3/b10-9-/t18-,22-,23-,24+,25+,26+,27-/m1/s1. The van der Waals surface area contributed by atoms with Gasteiger partial charge < -0.3 is 15.3 Å². The quantitative estimate of drug-likeness (QED) is 0.509. The van der Waals surface area contributed by atoms with Gasteiger partial charge >= 0.3 is 0 Å². The van der Waals surface area contributed by atoms with E-state index in [1.165, 1.54) is 24.8 Å². The van der Waals surface area contributed by atoms with Gasteiger partial charge in [-0.25, -0.2) is 0 Å². The summed E-state index contributed by atoms with van der Waals surface area (Å²) in [6.45, 7) is 11.1. The second-order valence-corrected chi connectivity index (χ2v) is 11.0. The summed E-state index contributed by atoms with van der Waals surface area (Å²) >= 11 is 0. The summed E-state index contributed by atoms with van der Waals surface area (Å²) < 4.78 is 0. The van der Waals surface area contributed by atoms with Crippen molar-refractivity contribution in [2.24, 2.45) is 29.1 Å². The molecule has 0 spiro atoms. The SMILES string of the molecule is CC1=C(/C=C\C2=CCC[C@]3(C)[C@@H]([C@H](C)CC[C@H](O)C(C)C)CC[C@@H]23)C[C@@H](O)C[C@@H]1O. The molecule has 1 fully saturated rings. The zero-order chi connectivity index (χ0) is 22.1. The van der Waals surface area contributed by atoms with Gasteiger partial charge in [0, 0.05) is 6.42 Å². The molecular weight excluding hydrogens is 372 g/mol. The summed E-state index contributed by atoms with van der Waals surface area (Å²) in [4.78, 5) is 0. The molecule has 0 aliphatic heterocycles. The smallest absolute Gasteiger partial charge is 0.0777 e. The van der Waals surface area contributed by atoms with Crippen LogP contribution in [-0.4, -0.2) is 33.6 Å². The van der Waals surface area contributed by atoms with Gasteiger partial charge in [-0.05, 0) is 97.7 Å².